The number of fused-ring (bicyclic) bond motifs is 5. The van der Waals surface area contributed by atoms with Crippen LogP contribution in [0.25, 0.3) is 11.0 Å². The maximum absolute atomic E-state index is 11.4. The largest absolute Gasteiger partial charge is 0.325 e. The Kier molecular flexibility index (Phi) is 2.81. The lowest BCUT2D eigenvalue weighted by molar-refractivity contribution is -0.107. The predicted molar refractivity (Wildman–Crippen MR) is 83.7 cm³/mol. The molecule has 2 aliphatic rings. The summed E-state index contributed by atoms with van der Waals surface area (Å²) in [5.41, 5.74) is 4.68. The highest BCUT2D eigenvalue weighted by atomic mass is 16.1. The number of carbonyl (C=O) groups is 1. The zero-order chi connectivity index (χ0) is 14.6. The Hall–Kier alpha value is -1.84. The van der Waals surface area contributed by atoms with Crippen molar-refractivity contribution in [3.63, 3.8) is 0 Å². The van der Waals surface area contributed by atoms with Crippen LogP contribution in [0.15, 0.2) is 12.1 Å². The smallest absolute Gasteiger partial charge is 0.214 e. The number of imidazole rings is 1. The minimum atomic E-state index is 0.281. The zero-order valence-corrected chi connectivity index (χ0v) is 12.7. The molecule has 1 amide bonds. The summed E-state index contributed by atoms with van der Waals surface area (Å²) in [6, 6.07) is 5.07. The minimum absolute atomic E-state index is 0.281. The van der Waals surface area contributed by atoms with Crippen LogP contribution >= 0.6 is 0 Å². The highest BCUT2D eigenvalue weighted by Gasteiger charge is 2.28. The van der Waals surface area contributed by atoms with Gasteiger partial charge in [0.05, 0.1) is 11.0 Å². The lowest BCUT2D eigenvalue weighted by Gasteiger charge is -2.32. The van der Waals surface area contributed by atoms with Crippen molar-refractivity contribution >= 4 is 23.1 Å². The molecule has 0 saturated carbocycles. The molecule has 21 heavy (non-hydrogen) atoms. The van der Waals surface area contributed by atoms with Gasteiger partial charge >= 0.3 is 0 Å². The Morgan fingerprint density at radius 1 is 1.19 bits per heavy atom. The number of aryl methyl sites for hydroxylation is 2. The molecule has 1 aromatic heterocycles. The van der Waals surface area contributed by atoms with Crippen molar-refractivity contribution < 1.29 is 4.79 Å². The van der Waals surface area contributed by atoms with Crippen molar-refractivity contribution in [3.8, 4) is 0 Å². The number of hydrogen-bond donors (Lipinski definition) is 0. The Labute approximate surface area is 124 Å². The number of anilines is 1. The fraction of sp³-hybridized carbons (Fsp3) is 0.529. The summed E-state index contributed by atoms with van der Waals surface area (Å²) in [6.07, 6.45) is 6.53. The van der Waals surface area contributed by atoms with E-state index in [0.717, 1.165) is 36.9 Å². The number of amides is 1. The molecule has 3 heterocycles. The molecule has 0 radical (unpaired) electrons. The van der Waals surface area contributed by atoms with E-state index in [1.54, 1.807) is 0 Å². The lowest BCUT2D eigenvalue weighted by atomic mass is 9.96. The molecule has 0 saturated heterocycles. The Morgan fingerprint density at radius 3 is 2.86 bits per heavy atom. The molecule has 110 valence electrons. The summed E-state index contributed by atoms with van der Waals surface area (Å²) in [7, 11) is 0. The molecule has 0 bridgehead atoms. The van der Waals surface area contributed by atoms with E-state index in [2.05, 4.69) is 30.5 Å². The molecule has 2 atom stereocenters. The summed E-state index contributed by atoms with van der Waals surface area (Å²) in [6.45, 7) is 4.39. The fourth-order valence-electron chi connectivity index (χ4n) is 3.99. The first-order chi connectivity index (χ1) is 10.2. The van der Waals surface area contributed by atoms with Gasteiger partial charge in [0.1, 0.15) is 5.82 Å². The highest BCUT2D eigenvalue weighted by molar-refractivity contribution is 5.90. The van der Waals surface area contributed by atoms with Gasteiger partial charge in [0.25, 0.3) is 0 Å². The second-order valence-electron chi connectivity index (χ2n) is 6.47. The standard InChI is InChI=1S/C17H21N3O/c1-11-6-7-13-14(19(11)10-21)8-9-15-17(13)18-16-5-3-4-12(2)20(15)16/h8-12H,3-7H2,1-2H3. The van der Waals surface area contributed by atoms with Crippen LogP contribution in [0.1, 0.15) is 50.5 Å². The van der Waals surface area contributed by atoms with E-state index in [4.69, 9.17) is 4.98 Å². The molecule has 4 rings (SSSR count). The van der Waals surface area contributed by atoms with E-state index in [-0.39, 0.29) is 6.04 Å². The number of carbonyl (C=O) groups excluding carboxylic acids is 1. The van der Waals surface area contributed by atoms with Crippen LogP contribution in [0.3, 0.4) is 0 Å². The third kappa shape index (κ3) is 1.74. The van der Waals surface area contributed by atoms with Crippen molar-refractivity contribution in [2.75, 3.05) is 4.90 Å². The van der Waals surface area contributed by atoms with Gasteiger partial charge in [-0.25, -0.2) is 4.98 Å². The van der Waals surface area contributed by atoms with Crippen molar-refractivity contribution in [2.45, 2.75) is 58.0 Å². The monoisotopic (exact) mass is 283 g/mol. The Balaban J connectivity index is 1.97. The van der Waals surface area contributed by atoms with Gasteiger partial charge in [-0.1, -0.05) is 0 Å². The maximum atomic E-state index is 11.4. The Morgan fingerprint density at radius 2 is 2.05 bits per heavy atom. The summed E-state index contributed by atoms with van der Waals surface area (Å²) in [5.74, 6) is 1.22. The molecule has 0 fully saturated rings. The van der Waals surface area contributed by atoms with Gasteiger partial charge in [-0.05, 0) is 51.7 Å². The zero-order valence-electron chi connectivity index (χ0n) is 12.7. The van der Waals surface area contributed by atoms with Crippen LogP contribution < -0.4 is 4.90 Å². The van der Waals surface area contributed by atoms with Crippen LogP contribution in [-0.4, -0.2) is 22.0 Å². The van der Waals surface area contributed by atoms with Crippen molar-refractivity contribution in [2.24, 2.45) is 0 Å². The number of benzene rings is 1. The topological polar surface area (TPSA) is 38.1 Å². The van der Waals surface area contributed by atoms with Gasteiger partial charge in [0, 0.05) is 29.8 Å². The summed E-state index contributed by atoms with van der Waals surface area (Å²) in [5, 5.41) is 0. The number of rotatable bonds is 1. The number of hydrogen-bond acceptors (Lipinski definition) is 2. The minimum Gasteiger partial charge on any atom is -0.325 e. The van der Waals surface area contributed by atoms with Crippen molar-refractivity contribution in [1.29, 1.82) is 0 Å². The van der Waals surface area contributed by atoms with Gasteiger partial charge in [-0.2, -0.15) is 0 Å². The van der Waals surface area contributed by atoms with E-state index in [1.165, 1.54) is 29.7 Å². The van der Waals surface area contributed by atoms with Crippen LogP contribution in [-0.2, 0) is 17.6 Å². The highest BCUT2D eigenvalue weighted by Crippen LogP contribution is 2.37. The molecule has 2 aliphatic heterocycles. The van der Waals surface area contributed by atoms with Gasteiger partial charge in [0.15, 0.2) is 0 Å². The number of nitrogens with zero attached hydrogens (tertiary/aromatic N) is 3. The van der Waals surface area contributed by atoms with E-state index in [0.29, 0.717) is 6.04 Å². The number of aromatic nitrogens is 2. The molecular weight excluding hydrogens is 262 g/mol. The van der Waals surface area contributed by atoms with Gasteiger partial charge in [-0.15, -0.1) is 0 Å². The molecule has 0 spiro atoms. The van der Waals surface area contributed by atoms with E-state index in [1.807, 2.05) is 4.90 Å². The molecule has 0 N–H and O–H groups in total. The second kappa shape index (κ2) is 4.58. The molecule has 2 unspecified atom stereocenters. The average molecular weight is 283 g/mol. The van der Waals surface area contributed by atoms with Crippen LogP contribution in [0, 0.1) is 0 Å². The normalized spacial score (nSPS) is 24.8. The molecular formula is C17H21N3O. The van der Waals surface area contributed by atoms with Crippen LogP contribution in [0.2, 0.25) is 0 Å². The van der Waals surface area contributed by atoms with E-state index in [9.17, 15) is 4.79 Å². The average Bonchev–Trinajstić information content (AvgIpc) is 2.87. The molecule has 2 aromatic rings. The fourth-order valence-corrected chi connectivity index (χ4v) is 3.99. The third-order valence-electron chi connectivity index (χ3n) is 5.16. The van der Waals surface area contributed by atoms with E-state index >= 15 is 0 Å². The molecule has 4 heteroatoms. The van der Waals surface area contributed by atoms with Gasteiger partial charge < -0.3 is 9.47 Å². The van der Waals surface area contributed by atoms with Gasteiger partial charge in [-0.3, -0.25) is 4.79 Å². The van der Waals surface area contributed by atoms with Gasteiger partial charge in [0.2, 0.25) is 6.41 Å². The molecule has 0 aliphatic carbocycles. The maximum Gasteiger partial charge on any atom is 0.214 e. The predicted octanol–water partition coefficient (Wildman–Crippen LogP) is 3.23. The second-order valence-corrected chi connectivity index (χ2v) is 6.47. The summed E-state index contributed by atoms with van der Waals surface area (Å²) in [4.78, 5) is 18.2. The lowest BCUT2D eigenvalue weighted by Crippen LogP contribution is -2.36. The van der Waals surface area contributed by atoms with Crippen molar-refractivity contribution in [1.82, 2.24) is 9.55 Å². The first-order valence-corrected chi connectivity index (χ1v) is 7.97. The van der Waals surface area contributed by atoms with E-state index < -0.39 is 0 Å². The first-order valence-electron chi connectivity index (χ1n) is 7.97. The van der Waals surface area contributed by atoms with Crippen molar-refractivity contribution in [3.05, 3.63) is 23.5 Å². The first kappa shape index (κ1) is 12.9. The molecule has 4 nitrogen and oxygen atoms in total. The Bertz CT molecular complexity index is 718. The van der Waals surface area contributed by atoms with Crippen LogP contribution in [0.4, 0.5) is 5.69 Å². The summed E-state index contributed by atoms with van der Waals surface area (Å²) < 4.78 is 2.41. The SMILES string of the molecule is CC1CCc2c(ccc3c2nc2n3C(C)CCC2)N1C=O. The summed E-state index contributed by atoms with van der Waals surface area (Å²) >= 11 is 0. The third-order valence-corrected chi connectivity index (χ3v) is 5.16. The van der Waals surface area contributed by atoms with Crippen LogP contribution in [0.5, 0.6) is 0 Å². The molecule has 1 aromatic carbocycles. The quantitative estimate of drug-likeness (QED) is 0.754.